The summed E-state index contributed by atoms with van der Waals surface area (Å²) in [6.07, 6.45) is 0. The minimum absolute atomic E-state index is 0.273. The van der Waals surface area contributed by atoms with E-state index in [9.17, 15) is 4.79 Å². The summed E-state index contributed by atoms with van der Waals surface area (Å²) in [7, 11) is 3.45. The minimum Gasteiger partial charge on any atom is -0.496 e. The summed E-state index contributed by atoms with van der Waals surface area (Å²) in [6, 6.07) is 20.6. The Morgan fingerprint density at radius 1 is 0.963 bits per heavy atom. The number of fused-ring (bicyclic) bond motifs is 1. The van der Waals surface area contributed by atoms with Crippen molar-refractivity contribution in [2.75, 3.05) is 12.4 Å². The van der Waals surface area contributed by atoms with E-state index in [1.807, 2.05) is 54.1 Å². The number of para-hydroxylation sites is 1. The predicted molar refractivity (Wildman–Crippen MR) is 105 cm³/mol. The van der Waals surface area contributed by atoms with Gasteiger partial charge in [0.25, 0.3) is 5.91 Å². The van der Waals surface area contributed by atoms with Gasteiger partial charge in [-0.1, -0.05) is 42.5 Å². The molecule has 4 aromatic rings. The summed E-state index contributed by atoms with van der Waals surface area (Å²) in [5.74, 6) is 1.53. The molecule has 6 heteroatoms. The van der Waals surface area contributed by atoms with Gasteiger partial charge in [-0.05, 0) is 24.3 Å². The van der Waals surface area contributed by atoms with Crippen molar-refractivity contribution in [3.8, 4) is 17.1 Å². The lowest BCUT2D eigenvalue weighted by Crippen LogP contribution is -2.14. The second-order valence-electron chi connectivity index (χ2n) is 6.05. The number of anilines is 1. The average Bonchev–Trinajstić information content (AvgIpc) is 3.05. The molecule has 0 aliphatic rings. The zero-order chi connectivity index (χ0) is 18.8. The fraction of sp³-hybridized carbons (Fsp3) is 0.0952. The molecule has 2 aromatic heterocycles. The summed E-state index contributed by atoms with van der Waals surface area (Å²) in [6.45, 7) is 0. The quantitative estimate of drug-likeness (QED) is 0.601. The van der Waals surface area contributed by atoms with Gasteiger partial charge in [0.1, 0.15) is 22.9 Å². The van der Waals surface area contributed by atoms with Crippen LogP contribution in [0.2, 0.25) is 0 Å². The lowest BCUT2D eigenvalue weighted by atomic mass is 10.2. The smallest absolute Gasteiger partial charge is 0.260 e. The number of nitrogens with one attached hydrogen (secondary N) is 1. The summed E-state index contributed by atoms with van der Waals surface area (Å²) < 4.78 is 7.17. The van der Waals surface area contributed by atoms with Crippen LogP contribution < -0.4 is 10.1 Å². The molecule has 0 aliphatic carbocycles. The van der Waals surface area contributed by atoms with Crippen LogP contribution in [0, 0.1) is 0 Å². The number of carbonyl (C=O) groups excluding carboxylic acids is 1. The van der Waals surface area contributed by atoms with E-state index in [0.29, 0.717) is 22.8 Å². The largest absolute Gasteiger partial charge is 0.496 e. The van der Waals surface area contributed by atoms with Gasteiger partial charge in [0.15, 0.2) is 5.65 Å². The number of carbonyl (C=O) groups is 1. The Labute approximate surface area is 156 Å². The van der Waals surface area contributed by atoms with Crippen LogP contribution in [-0.4, -0.2) is 27.6 Å². The first-order chi connectivity index (χ1) is 13.2. The zero-order valence-corrected chi connectivity index (χ0v) is 15.0. The number of methoxy groups -OCH3 is 1. The van der Waals surface area contributed by atoms with Crippen LogP contribution in [-0.2, 0) is 7.05 Å². The molecule has 0 saturated heterocycles. The molecule has 0 aliphatic heterocycles. The molecule has 0 unspecified atom stereocenters. The Kier molecular flexibility index (Phi) is 4.30. The summed E-state index contributed by atoms with van der Waals surface area (Å²) in [5, 5.41) is 2.83. The fourth-order valence-electron chi connectivity index (χ4n) is 3.00. The Balaban J connectivity index is 1.68. The van der Waals surface area contributed by atoms with Crippen molar-refractivity contribution in [3.63, 3.8) is 0 Å². The van der Waals surface area contributed by atoms with E-state index in [1.165, 1.54) is 7.11 Å². The minimum atomic E-state index is -0.273. The molecule has 1 N–H and O–H groups in total. The number of rotatable bonds is 4. The van der Waals surface area contributed by atoms with Gasteiger partial charge >= 0.3 is 0 Å². The molecule has 6 nitrogen and oxygen atoms in total. The topological polar surface area (TPSA) is 69.0 Å². The van der Waals surface area contributed by atoms with E-state index in [-0.39, 0.29) is 5.91 Å². The molecule has 2 aromatic carbocycles. The monoisotopic (exact) mass is 358 g/mol. The highest BCUT2D eigenvalue weighted by molar-refractivity contribution is 6.06. The Bertz CT molecular complexity index is 1120. The SMILES string of the molecule is COc1ccccc1C(=O)Nc1ccc2nc(-c3ccccc3)n(C)c2n1. The van der Waals surface area contributed by atoms with E-state index >= 15 is 0 Å². The molecule has 0 saturated carbocycles. The van der Waals surface area contributed by atoms with Gasteiger partial charge in [0, 0.05) is 12.6 Å². The van der Waals surface area contributed by atoms with E-state index < -0.39 is 0 Å². The van der Waals surface area contributed by atoms with Crippen LogP contribution in [0.5, 0.6) is 5.75 Å². The highest BCUT2D eigenvalue weighted by Gasteiger charge is 2.15. The maximum absolute atomic E-state index is 12.6. The molecule has 2 heterocycles. The van der Waals surface area contributed by atoms with Gasteiger partial charge in [-0.3, -0.25) is 4.79 Å². The second-order valence-corrected chi connectivity index (χ2v) is 6.05. The third kappa shape index (κ3) is 3.13. The molecule has 0 fully saturated rings. The highest BCUT2D eigenvalue weighted by atomic mass is 16.5. The Morgan fingerprint density at radius 3 is 2.48 bits per heavy atom. The maximum Gasteiger partial charge on any atom is 0.260 e. The van der Waals surface area contributed by atoms with Gasteiger partial charge in [-0.25, -0.2) is 9.97 Å². The fourth-order valence-corrected chi connectivity index (χ4v) is 3.00. The molecular weight excluding hydrogens is 340 g/mol. The van der Waals surface area contributed by atoms with Gasteiger partial charge < -0.3 is 14.6 Å². The first-order valence-electron chi connectivity index (χ1n) is 8.50. The number of aromatic nitrogens is 3. The number of benzene rings is 2. The normalized spacial score (nSPS) is 10.7. The Morgan fingerprint density at radius 2 is 1.70 bits per heavy atom. The Hall–Kier alpha value is -3.67. The second kappa shape index (κ2) is 6.92. The third-order valence-corrected chi connectivity index (χ3v) is 4.34. The lowest BCUT2D eigenvalue weighted by Gasteiger charge is -2.08. The molecule has 0 radical (unpaired) electrons. The summed E-state index contributed by atoms with van der Waals surface area (Å²) in [5.41, 5.74) is 2.94. The van der Waals surface area contributed by atoms with Crippen molar-refractivity contribution < 1.29 is 9.53 Å². The van der Waals surface area contributed by atoms with Crippen molar-refractivity contribution in [3.05, 3.63) is 72.3 Å². The molecular formula is C21H18N4O2. The number of pyridine rings is 1. The zero-order valence-electron chi connectivity index (χ0n) is 15.0. The number of amides is 1. The lowest BCUT2D eigenvalue weighted by molar-refractivity contribution is 0.102. The standard InChI is InChI=1S/C21H18N4O2/c1-25-19(14-8-4-3-5-9-14)22-16-12-13-18(23-20(16)25)24-21(26)15-10-6-7-11-17(15)27-2/h3-13H,1-2H3,(H,23,24,26). The molecule has 1 amide bonds. The van der Waals surface area contributed by atoms with Crippen molar-refractivity contribution in [2.24, 2.45) is 7.05 Å². The first-order valence-corrected chi connectivity index (χ1v) is 8.50. The van der Waals surface area contributed by atoms with E-state index in [1.54, 1.807) is 24.3 Å². The van der Waals surface area contributed by atoms with Gasteiger partial charge in [0.05, 0.1) is 12.7 Å². The number of hydrogen-bond donors (Lipinski definition) is 1. The van der Waals surface area contributed by atoms with Crippen LogP contribution in [0.15, 0.2) is 66.7 Å². The first kappa shape index (κ1) is 16.8. The van der Waals surface area contributed by atoms with Crippen LogP contribution in [0.25, 0.3) is 22.6 Å². The van der Waals surface area contributed by atoms with Gasteiger partial charge in [-0.2, -0.15) is 0 Å². The summed E-state index contributed by atoms with van der Waals surface area (Å²) in [4.78, 5) is 21.8. The van der Waals surface area contributed by atoms with E-state index in [4.69, 9.17) is 4.74 Å². The molecule has 4 rings (SSSR count). The molecule has 134 valence electrons. The van der Waals surface area contributed by atoms with Crippen LogP contribution >= 0.6 is 0 Å². The number of ether oxygens (including phenoxy) is 1. The molecule has 0 bridgehead atoms. The number of hydrogen-bond acceptors (Lipinski definition) is 4. The van der Waals surface area contributed by atoms with E-state index in [2.05, 4.69) is 15.3 Å². The molecule has 0 atom stereocenters. The van der Waals surface area contributed by atoms with Crippen molar-refractivity contribution >= 4 is 22.9 Å². The molecule has 27 heavy (non-hydrogen) atoms. The van der Waals surface area contributed by atoms with Crippen LogP contribution in [0.1, 0.15) is 10.4 Å². The van der Waals surface area contributed by atoms with Gasteiger partial charge in [0.2, 0.25) is 0 Å². The van der Waals surface area contributed by atoms with Crippen molar-refractivity contribution in [1.29, 1.82) is 0 Å². The van der Waals surface area contributed by atoms with Crippen molar-refractivity contribution in [1.82, 2.24) is 14.5 Å². The summed E-state index contributed by atoms with van der Waals surface area (Å²) >= 11 is 0. The third-order valence-electron chi connectivity index (χ3n) is 4.34. The molecule has 0 spiro atoms. The number of nitrogens with zero attached hydrogens (tertiary/aromatic N) is 3. The van der Waals surface area contributed by atoms with E-state index in [0.717, 1.165) is 16.9 Å². The number of imidazole rings is 1. The van der Waals surface area contributed by atoms with Gasteiger partial charge in [-0.15, -0.1) is 0 Å². The average molecular weight is 358 g/mol. The van der Waals surface area contributed by atoms with Crippen LogP contribution in [0.3, 0.4) is 0 Å². The highest BCUT2D eigenvalue weighted by Crippen LogP contribution is 2.24. The van der Waals surface area contributed by atoms with Crippen LogP contribution in [0.4, 0.5) is 5.82 Å². The number of aryl methyl sites for hydroxylation is 1. The van der Waals surface area contributed by atoms with Crippen molar-refractivity contribution in [2.45, 2.75) is 0 Å². The predicted octanol–water partition coefficient (Wildman–Crippen LogP) is 3.90. The maximum atomic E-state index is 12.6.